The van der Waals surface area contributed by atoms with Crippen molar-refractivity contribution in [3.63, 3.8) is 0 Å². The van der Waals surface area contributed by atoms with Gasteiger partial charge >= 0.3 is 0 Å². The Morgan fingerprint density at radius 3 is 1.19 bits per heavy atom. The van der Waals surface area contributed by atoms with E-state index in [1.165, 1.54) is 6.08 Å². The molecule has 0 aliphatic carbocycles. The summed E-state index contributed by atoms with van der Waals surface area (Å²) < 4.78 is 0. The molecular formula is C12H24O4. The van der Waals surface area contributed by atoms with Crippen LogP contribution in [0.2, 0.25) is 0 Å². The Kier molecular flexibility index (Phi) is 5.14. The Morgan fingerprint density at radius 2 is 1.00 bits per heavy atom. The Bertz CT molecular complexity index is 204. The molecule has 0 atom stereocenters. The molecular weight excluding hydrogens is 208 g/mol. The van der Waals surface area contributed by atoms with Crippen LogP contribution in [0.15, 0.2) is 12.7 Å². The fourth-order valence-electron chi connectivity index (χ4n) is 0.497. The van der Waals surface area contributed by atoms with Crippen molar-refractivity contribution in [2.24, 2.45) is 0 Å². The van der Waals surface area contributed by atoms with Gasteiger partial charge in [0.15, 0.2) is 0 Å². The van der Waals surface area contributed by atoms with Crippen LogP contribution in [0.25, 0.3) is 0 Å². The third kappa shape index (κ3) is 7.82. The van der Waals surface area contributed by atoms with Crippen LogP contribution in [0.4, 0.5) is 0 Å². The summed E-state index contributed by atoms with van der Waals surface area (Å²) in [5, 5.41) is 0. The molecule has 16 heavy (non-hydrogen) atoms. The number of rotatable bonds is 5. The van der Waals surface area contributed by atoms with E-state index in [4.69, 9.17) is 19.6 Å². The minimum Gasteiger partial charge on any atom is -0.228 e. The summed E-state index contributed by atoms with van der Waals surface area (Å²) in [5.74, 6) is -1.12. The maximum Gasteiger partial charge on any atom is 0.249 e. The monoisotopic (exact) mass is 232 g/mol. The Hall–Kier alpha value is -0.420. The summed E-state index contributed by atoms with van der Waals surface area (Å²) in [5.41, 5.74) is -0.843. The predicted molar refractivity (Wildman–Crippen MR) is 62.4 cm³/mol. The lowest BCUT2D eigenvalue weighted by Crippen LogP contribution is -2.36. The molecule has 0 aromatic heterocycles. The summed E-state index contributed by atoms with van der Waals surface area (Å²) in [6, 6.07) is 0. The van der Waals surface area contributed by atoms with Crippen molar-refractivity contribution in [2.45, 2.75) is 65.5 Å². The van der Waals surface area contributed by atoms with Gasteiger partial charge in [-0.2, -0.15) is 9.78 Å². The average Bonchev–Trinajstić information content (AvgIpc) is 2.09. The summed E-state index contributed by atoms with van der Waals surface area (Å²) in [7, 11) is 0. The summed E-state index contributed by atoms with van der Waals surface area (Å²) in [4.78, 5) is 20.7. The first kappa shape index (κ1) is 15.6. The van der Waals surface area contributed by atoms with Gasteiger partial charge in [0.25, 0.3) is 0 Å². The van der Waals surface area contributed by atoms with Crippen molar-refractivity contribution < 1.29 is 19.6 Å². The van der Waals surface area contributed by atoms with Crippen molar-refractivity contribution in [1.82, 2.24) is 0 Å². The van der Waals surface area contributed by atoms with E-state index in [1.54, 1.807) is 6.92 Å². The van der Waals surface area contributed by atoms with Crippen molar-refractivity contribution in [2.75, 3.05) is 0 Å². The van der Waals surface area contributed by atoms with Crippen LogP contribution in [0.1, 0.15) is 48.5 Å². The maximum atomic E-state index is 5.17. The lowest BCUT2D eigenvalue weighted by atomic mass is 10.2. The quantitative estimate of drug-likeness (QED) is 0.315. The van der Waals surface area contributed by atoms with Crippen LogP contribution in [-0.2, 0) is 19.6 Å². The van der Waals surface area contributed by atoms with E-state index in [0.717, 1.165) is 0 Å². The molecule has 0 spiro atoms. The SMILES string of the molecule is C=CC(C)(OOC(C)(C)C)OOC(C)(C)C. The van der Waals surface area contributed by atoms with Gasteiger partial charge in [-0.1, -0.05) is 6.58 Å². The maximum absolute atomic E-state index is 5.17. The average molecular weight is 232 g/mol. The van der Waals surface area contributed by atoms with Gasteiger partial charge < -0.3 is 0 Å². The Balaban J connectivity index is 4.27. The fraction of sp³-hybridized carbons (Fsp3) is 0.833. The molecule has 0 radical (unpaired) electrons. The van der Waals surface area contributed by atoms with Gasteiger partial charge in [0.2, 0.25) is 5.79 Å². The van der Waals surface area contributed by atoms with Crippen LogP contribution in [-0.4, -0.2) is 17.0 Å². The van der Waals surface area contributed by atoms with E-state index < -0.39 is 17.0 Å². The Morgan fingerprint density at radius 1 is 0.688 bits per heavy atom. The molecule has 0 N–H and O–H groups in total. The predicted octanol–water partition coefficient (Wildman–Crippen LogP) is 3.38. The summed E-state index contributed by atoms with van der Waals surface area (Å²) in [6.07, 6.45) is 1.48. The zero-order chi connectivity index (χ0) is 13.0. The second kappa shape index (κ2) is 5.27. The van der Waals surface area contributed by atoms with Crippen LogP contribution < -0.4 is 0 Å². The highest BCUT2D eigenvalue weighted by Crippen LogP contribution is 2.22. The first-order valence-electron chi connectivity index (χ1n) is 5.35. The second-order valence-corrected chi connectivity index (χ2v) is 5.78. The normalized spacial score (nSPS) is 13.9. The van der Waals surface area contributed by atoms with Gasteiger partial charge in [-0.15, -0.1) is 0 Å². The molecule has 0 aliphatic rings. The number of hydrogen-bond acceptors (Lipinski definition) is 4. The van der Waals surface area contributed by atoms with Gasteiger partial charge in [-0.05, 0) is 54.5 Å². The summed E-state index contributed by atoms with van der Waals surface area (Å²) in [6.45, 7) is 16.5. The third-order valence-electron chi connectivity index (χ3n) is 1.29. The fourth-order valence-corrected chi connectivity index (χ4v) is 0.497. The second-order valence-electron chi connectivity index (χ2n) is 5.78. The lowest BCUT2D eigenvalue weighted by Gasteiger charge is -2.30. The summed E-state index contributed by atoms with van der Waals surface area (Å²) >= 11 is 0. The van der Waals surface area contributed by atoms with Crippen molar-refractivity contribution in [3.8, 4) is 0 Å². The first-order valence-corrected chi connectivity index (χ1v) is 5.35. The zero-order valence-corrected chi connectivity index (χ0v) is 11.4. The van der Waals surface area contributed by atoms with E-state index in [-0.39, 0.29) is 0 Å². The van der Waals surface area contributed by atoms with Crippen molar-refractivity contribution in [1.29, 1.82) is 0 Å². The van der Waals surface area contributed by atoms with E-state index in [1.807, 2.05) is 41.5 Å². The highest BCUT2D eigenvalue weighted by molar-refractivity contribution is 4.83. The third-order valence-corrected chi connectivity index (χ3v) is 1.29. The molecule has 0 aromatic rings. The zero-order valence-electron chi connectivity index (χ0n) is 11.4. The van der Waals surface area contributed by atoms with Gasteiger partial charge in [-0.3, -0.25) is 0 Å². The van der Waals surface area contributed by atoms with Gasteiger partial charge in [0.1, 0.15) is 0 Å². The molecule has 0 bridgehead atoms. The highest BCUT2D eigenvalue weighted by Gasteiger charge is 2.30. The molecule has 0 fully saturated rings. The van der Waals surface area contributed by atoms with E-state index >= 15 is 0 Å². The van der Waals surface area contributed by atoms with Gasteiger partial charge in [-0.25, -0.2) is 9.78 Å². The van der Waals surface area contributed by atoms with E-state index in [2.05, 4.69) is 6.58 Å². The molecule has 4 nitrogen and oxygen atoms in total. The van der Waals surface area contributed by atoms with E-state index in [9.17, 15) is 0 Å². The van der Waals surface area contributed by atoms with Crippen LogP contribution >= 0.6 is 0 Å². The molecule has 0 rings (SSSR count). The molecule has 0 aromatic carbocycles. The van der Waals surface area contributed by atoms with Gasteiger partial charge in [0, 0.05) is 0 Å². The van der Waals surface area contributed by atoms with Gasteiger partial charge in [0.05, 0.1) is 11.2 Å². The molecule has 0 amide bonds. The highest BCUT2D eigenvalue weighted by atomic mass is 17.3. The first-order chi connectivity index (χ1) is 6.97. The minimum atomic E-state index is -1.12. The van der Waals surface area contributed by atoms with Crippen LogP contribution in [0.5, 0.6) is 0 Å². The molecule has 0 heterocycles. The topological polar surface area (TPSA) is 36.9 Å². The minimum absolute atomic E-state index is 0.421. The van der Waals surface area contributed by atoms with Crippen LogP contribution in [0, 0.1) is 0 Å². The molecule has 96 valence electrons. The largest absolute Gasteiger partial charge is 0.249 e. The Labute approximate surface area is 98.4 Å². The van der Waals surface area contributed by atoms with Crippen LogP contribution in [0.3, 0.4) is 0 Å². The van der Waals surface area contributed by atoms with E-state index in [0.29, 0.717) is 0 Å². The molecule has 0 unspecified atom stereocenters. The smallest absolute Gasteiger partial charge is 0.228 e. The molecule has 0 saturated carbocycles. The molecule has 0 aliphatic heterocycles. The standard InChI is InChI=1S/C12H24O4/c1-9-12(8,15-13-10(2,3)4)16-14-11(5,6)7/h9H,1H2,2-8H3. The molecule has 4 heteroatoms. The molecule has 0 saturated heterocycles. The van der Waals surface area contributed by atoms with Crippen molar-refractivity contribution >= 4 is 0 Å². The van der Waals surface area contributed by atoms with Crippen molar-refractivity contribution in [3.05, 3.63) is 12.7 Å². The number of hydrogen-bond donors (Lipinski definition) is 0. The lowest BCUT2D eigenvalue weighted by molar-refractivity contribution is -0.522.